The summed E-state index contributed by atoms with van der Waals surface area (Å²) < 4.78 is 0. The molecule has 1 aliphatic rings. The maximum atomic E-state index is 11.3. The van der Waals surface area contributed by atoms with Crippen molar-refractivity contribution in [1.82, 2.24) is 5.01 Å². The average molecular weight is 405 g/mol. The second kappa shape index (κ2) is 10.8. The summed E-state index contributed by atoms with van der Waals surface area (Å²) >= 11 is 0. The zero-order chi connectivity index (χ0) is 17.3. The first-order chi connectivity index (χ1) is 11.5. The molecule has 9 heteroatoms. The number of anilines is 1. The number of carboxylic acid groups (broad SMARTS) is 2. The Balaban J connectivity index is 0.00000169. The van der Waals surface area contributed by atoms with Crippen LogP contribution in [0.1, 0.15) is 17.4 Å². The third-order valence-electron chi connectivity index (χ3n) is 3.91. The zero-order valence-electron chi connectivity index (χ0n) is 14.5. The van der Waals surface area contributed by atoms with E-state index >= 15 is 0 Å². The largest absolute Gasteiger partial charge is 1.00 e. The summed E-state index contributed by atoms with van der Waals surface area (Å²) in [7, 11) is 0. The molecule has 1 aliphatic heterocycles. The average Bonchev–Trinajstić information content (AvgIpc) is 2.82. The number of aliphatic hydroxyl groups is 1. The number of para-hydroxylation sites is 1. The van der Waals surface area contributed by atoms with E-state index in [1.165, 1.54) is 5.01 Å². The Bertz CT molecular complexity index is 761. The monoisotopic (exact) mass is 404 g/mol. The van der Waals surface area contributed by atoms with Gasteiger partial charge >= 0.3 is 103 Å². The number of benzene rings is 2. The number of rotatable bonds is 5. The van der Waals surface area contributed by atoms with E-state index in [9.17, 15) is 24.9 Å². The van der Waals surface area contributed by atoms with Gasteiger partial charge in [0.1, 0.15) is 6.04 Å². The Hall–Kier alpha value is 0.373. The second-order valence-corrected chi connectivity index (χ2v) is 5.40. The number of aliphatic carboxylic acids is 2. The Morgan fingerprint density at radius 1 is 0.962 bits per heavy atom. The van der Waals surface area contributed by atoms with Crippen LogP contribution >= 0.6 is 0 Å². The zero-order valence-corrected chi connectivity index (χ0v) is 20.8. The van der Waals surface area contributed by atoms with Crippen LogP contribution < -0.4 is 118 Å². The van der Waals surface area contributed by atoms with Gasteiger partial charge in [-0.3, -0.25) is 5.01 Å². The summed E-state index contributed by atoms with van der Waals surface area (Å²) in [5.41, 5.74) is 1.77. The number of nitrogens with zero attached hydrogens (tertiary/aromatic N) is 2. The molecule has 0 amide bonds. The van der Waals surface area contributed by atoms with Crippen LogP contribution in [0, 0.1) is 0 Å². The molecule has 0 saturated heterocycles. The summed E-state index contributed by atoms with van der Waals surface area (Å²) in [5, 5.41) is 35.4. The molecule has 2 aromatic carbocycles. The fraction of sp³-hybridized carbons (Fsp3) is 0.176. The van der Waals surface area contributed by atoms with Crippen LogP contribution in [0.5, 0.6) is 0 Å². The number of hydrazine groups is 1. The van der Waals surface area contributed by atoms with E-state index in [1.54, 1.807) is 24.3 Å². The van der Waals surface area contributed by atoms with Crippen molar-refractivity contribution in [1.29, 1.82) is 0 Å². The first-order valence-electron chi connectivity index (χ1n) is 7.29. The first-order valence-corrected chi connectivity index (χ1v) is 7.29. The molecule has 1 unspecified atom stereocenters. The Morgan fingerprint density at radius 2 is 1.50 bits per heavy atom. The van der Waals surface area contributed by atoms with Gasteiger partial charge in [0.15, 0.2) is 6.23 Å². The van der Waals surface area contributed by atoms with Crippen molar-refractivity contribution in [2.45, 2.75) is 18.8 Å². The van der Waals surface area contributed by atoms with Crippen LogP contribution in [0.15, 0.2) is 54.6 Å². The van der Waals surface area contributed by atoms with E-state index in [0.717, 1.165) is 10.6 Å². The molecule has 0 spiro atoms. The topological polar surface area (TPSA) is 107 Å². The van der Waals surface area contributed by atoms with Crippen molar-refractivity contribution in [2.24, 2.45) is 0 Å². The summed E-state index contributed by atoms with van der Waals surface area (Å²) in [6, 6.07) is 13.7. The number of carboxylic acids is 2. The van der Waals surface area contributed by atoms with Gasteiger partial charge in [-0.25, -0.2) is 0 Å². The maximum absolute atomic E-state index is 11.3. The summed E-state index contributed by atoms with van der Waals surface area (Å²) in [6.07, 6.45) is -1.43. The normalized spacial score (nSPS) is 15.8. The van der Waals surface area contributed by atoms with E-state index in [2.05, 4.69) is 0 Å². The second-order valence-electron chi connectivity index (χ2n) is 5.40. The van der Waals surface area contributed by atoms with Crippen molar-refractivity contribution < 1.29 is 128 Å². The van der Waals surface area contributed by atoms with Gasteiger partial charge in [-0.2, -0.15) is 5.01 Å². The van der Waals surface area contributed by atoms with Gasteiger partial charge < -0.3 is 24.9 Å². The molecule has 0 radical (unpaired) electrons. The molecule has 0 aromatic heterocycles. The minimum Gasteiger partial charge on any atom is -0.548 e. The number of aliphatic hydroxyl groups excluding tert-OH is 1. The van der Waals surface area contributed by atoms with Crippen LogP contribution in [-0.4, -0.2) is 28.1 Å². The van der Waals surface area contributed by atoms with Crippen LogP contribution in [0.25, 0.3) is 0 Å². The van der Waals surface area contributed by atoms with E-state index in [-0.39, 0.29) is 109 Å². The molecule has 0 bridgehead atoms. The van der Waals surface area contributed by atoms with Gasteiger partial charge in [0, 0.05) is 5.56 Å². The minimum atomic E-state index is -2.11. The molecule has 1 heterocycles. The standard InChI is InChI=1S/C17H16N2O5.2K/c20-15-12-8-4-5-9-13(12)18(10-11-6-2-1-3-7-11)19(15)14(16(21)22)17(23)24;;/h1-9,14-15,20H,10H2,(H,21,22)(H,23,24);;/q;2*+1/p-2. The Kier molecular flexibility index (Phi) is 10.1. The molecule has 0 saturated carbocycles. The molecule has 0 aliphatic carbocycles. The number of carbonyl (C=O) groups is 2. The third kappa shape index (κ3) is 5.04. The smallest absolute Gasteiger partial charge is 0.548 e. The van der Waals surface area contributed by atoms with E-state index in [4.69, 9.17) is 0 Å². The summed E-state index contributed by atoms with van der Waals surface area (Å²) in [4.78, 5) is 22.6. The van der Waals surface area contributed by atoms with Crippen molar-refractivity contribution in [3.05, 3.63) is 65.7 Å². The van der Waals surface area contributed by atoms with Gasteiger partial charge in [-0.05, 0) is 11.6 Å². The van der Waals surface area contributed by atoms with Crippen LogP contribution in [0.3, 0.4) is 0 Å². The van der Waals surface area contributed by atoms with Crippen LogP contribution in [0.4, 0.5) is 5.69 Å². The fourth-order valence-electron chi connectivity index (χ4n) is 2.86. The van der Waals surface area contributed by atoms with Gasteiger partial charge in [-0.15, -0.1) is 0 Å². The number of hydrogen-bond acceptors (Lipinski definition) is 7. The predicted molar refractivity (Wildman–Crippen MR) is 79.7 cm³/mol. The third-order valence-corrected chi connectivity index (χ3v) is 3.91. The minimum absolute atomic E-state index is 0. The van der Waals surface area contributed by atoms with Gasteiger partial charge in [-0.1, -0.05) is 48.5 Å². The van der Waals surface area contributed by atoms with E-state index < -0.39 is 24.2 Å². The molecular formula is C17H14K2N2O5. The van der Waals surface area contributed by atoms with Crippen molar-refractivity contribution in [3.8, 4) is 0 Å². The van der Waals surface area contributed by atoms with Crippen molar-refractivity contribution >= 4 is 17.6 Å². The summed E-state index contributed by atoms with van der Waals surface area (Å²) in [5.74, 6) is -3.69. The number of fused-ring (bicyclic) bond motifs is 1. The predicted octanol–water partition coefficient (Wildman–Crippen LogP) is -7.21. The van der Waals surface area contributed by atoms with Crippen LogP contribution in [-0.2, 0) is 16.1 Å². The molecule has 3 rings (SSSR count). The van der Waals surface area contributed by atoms with Gasteiger partial charge in [0.05, 0.1) is 24.2 Å². The Labute approximate surface area is 235 Å². The maximum Gasteiger partial charge on any atom is 1.00 e. The van der Waals surface area contributed by atoms with Crippen molar-refractivity contribution in [3.63, 3.8) is 0 Å². The molecule has 2 aromatic rings. The van der Waals surface area contributed by atoms with Crippen molar-refractivity contribution in [2.75, 3.05) is 5.01 Å². The van der Waals surface area contributed by atoms with Crippen LogP contribution in [0.2, 0.25) is 0 Å². The fourth-order valence-corrected chi connectivity index (χ4v) is 2.86. The van der Waals surface area contributed by atoms with Gasteiger partial charge in [0.2, 0.25) is 0 Å². The molecule has 26 heavy (non-hydrogen) atoms. The molecule has 1 atom stereocenters. The molecule has 7 nitrogen and oxygen atoms in total. The summed E-state index contributed by atoms with van der Waals surface area (Å²) in [6.45, 7) is 0.186. The molecular weight excluding hydrogens is 390 g/mol. The molecule has 0 fully saturated rings. The quantitative estimate of drug-likeness (QED) is 0.390. The number of hydrogen-bond donors (Lipinski definition) is 1. The molecule has 124 valence electrons. The number of carbonyl (C=O) groups excluding carboxylic acids is 2. The SMILES string of the molecule is O=C([O-])C(C(=O)[O-])N1C(O)c2ccccc2N1Cc1ccccc1.[K+].[K+]. The van der Waals surface area contributed by atoms with Gasteiger partial charge in [0.25, 0.3) is 0 Å². The first kappa shape index (κ1) is 24.4. The van der Waals surface area contributed by atoms with E-state index in [0.29, 0.717) is 11.3 Å². The van der Waals surface area contributed by atoms with E-state index in [1.807, 2.05) is 30.3 Å². The molecule has 1 N–H and O–H groups in total. The Morgan fingerprint density at radius 3 is 2.08 bits per heavy atom.